The number of nitrogens with two attached hydrogens (primary N) is 1. The van der Waals surface area contributed by atoms with Gasteiger partial charge in [0.2, 0.25) is 0 Å². The Labute approximate surface area is 122 Å². The van der Waals surface area contributed by atoms with E-state index in [0.717, 1.165) is 5.56 Å². The Morgan fingerprint density at radius 1 is 1.11 bits per heavy atom. The lowest BCUT2D eigenvalue weighted by molar-refractivity contribution is 0.490. The summed E-state index contributed by atoms with van der Waals surface area (Å²) in [6.07, 6.45) is 0.410. The first kappa shape index (κ1) is 14.3. The zero-order chi connectivity index (χ0) is 14.0. The lowest BCUT2D eigenvalue weighted by Gasteiger charge is -2.27. The molecule has 0 bridgehead atoms. The third kappa shape index (κ3) is 3.08. The van der Waals surface area contributed by atoms with Crippen LogP contribution in [0.15, 0.2) is 42.5 Å². The Balaban J connectivity index is 2.36. The van der Waals surface area contributed by atoms with Gasteiger partial charge in [0, 0.05) is 10.6 Å². The highest BCUT2D eigenvalue weighted by atomic mass is 35.5. The molecule has 19 heavy (non-hydrogen) atoms. The van der Waals surface area contributed by atoms with Crippen LogP contribution in [-0.4, -0.2) is 0 Å². The second-order valence-corrected chi connectivity index (χ2v) is 5.57. The average molecular weight is 298 g/mol. The largest absolute Gasteiger partial charge is 0.321 e. The van der Waals surface area contributed by atoms with E-state index >= 15 is 0 Å². The average Bonchev–Trinajstić information content (AvgIpc) is 2.35. The molecule has 0 spiro atoms. The fourth-order valence-electron chi connectivity index (χ4n) is 2.10. The molecule has 1 atom stereocenters. The Kier molecular flexibility index (Phi) is 4.14. The smallest absolute Gasteiger partial charge is 0.142 e. The summed E-state index contributed by atoms with van der Waals surface area (Å²) in [5, 5.41) is 0.714. The summed E-state index contributed by atoms with van der Waals surface area (Å²) in [7, 11) is 0. The Bertz CT molecular complexity index is 596. The monoisotopic (exact) mass is 297 g/mol. The molecule has 0 saturated heterocycles. The first-order valence-corrected chi connectivity index (χ1v) is 6.64. The van der Waals surface area contributed by atoms with Gasteiger partial charge in [0.15, 0.2) is 0 Å². The van der Waals surface area contributed by atoms with Crippen LogP contribution in [0.5, 0.6) is 0 Å². The minimum Gasteiger partial charge on any atom is -0.321 e. The minimum atomic E-state index is -0.713. The van der Waals surface area contributed by atoms with E-state index in [4.69, 9.17) is 28.9 Å². The normalized spacial score (nSPS) is 14.2. The second kappa shape index (κ2) is 5.49. The van der Waals surface area contributed by atoms with E-state index in [0.29, 0.717) is 17.0 Å². The van der Waals surface area contributed by atoms with Crippen molar-refractivity contribution in [2.45, 2.75) is 18.9 Å². The first-order valence-electron chi connectivity index (χ1n) is 5.88. The predicted octanol–water partition coefficient (Wildman–Crippen LogP) is 4.55. The molecular weight excluding hydrogens is 284 g/mol. The molecule has 0 heterocycles. The molecule has 0 saturated carbocycles. The van der Waals surface area contributed by atoms with Gasteiger partial charge in [-0.25, -0.2) is 4.39 Å². The van der Waals surface area contributed by atoms with Crippen LogP contribution in [-0.2, 0) is 12.0 Å². The highest BCUT2D eigenvalue weighted by Gasteiger charge is 2.25. The summed E-state index contributed by atoms with van der Waals surface area (Å²) in [6, 6.07) is 12.1. The molecule has 1 unspecified atom stereocenters. The van der Waals surface area contributed by atoms with Gasteiger partial charge in [-0.1, -0.05) is 53.5 Å². The summed E-state index contributed by atoms with van der Waals surface area (Å²) in [5.74, 6) is -0.436. The number of halogens is 3. The van der Waals surface area contributed by atoms with E-state index in [1.54, 1.807) is 18.2 Å². The van der Waals surface area contributed by atoms with Crippen molar-refractivity contribution < 1.29 is 4.39 Å². The minimum absolute atomic E-state index is 0.117. The first-order chi connectivity index (χ1) is 8.92. The molecule has 2 aromatic rings. The van der Waals surface area contributed by atoms with Crippen molar-refractivity contribution in [2.75, 3.05) is 0 Å². The molecule has 2 rings (SSSR count). The zero-order valence-electron chi connectivity index (χ0n) is 10.5. The molecule has 4 heteroatoms. The molecule has 1 nitrogen and oxygen atoms in total. The summed E-state index contributed by atoms with van der Waals surface area (Å²) < 4.78 is 13.4. The number of hydrogen-bond acceptors (Lipinski definition) is 1. The van der Waals surface area contributed by atoms with Crippen LogP contribution in [0, 0.1) is 5.82 Å². The summed E-state index contributed by atoms with van der Waals surface area (Å²) in [5.41, 5.74) is 7.10. The third-order valence-electron chi connectivity index (χ3n) is 3.08. The molecule has 0 radical (unpaired) electrons. The standard InChI is InChI=1S/C15H14Cl2FN/c1-15(19,11-6-2-3-7-12(11)16)9-10-5-4-8-13(18)14(10)17/h2-8H,9,19H2,1H3. The zero-order valence-corrected chi connectivity index (χ0v) is 12.0. The van der Waals surface area contributed by atoms with Crippen LogP contribution < -0.4 is 5.73 Å². The van der Waals surface area contributed by atoms with Crippen molar-refractivity contribution in [3.63, 3.8) is 0 Å². The molecule has 0 aliphatic rings. The van der Waals surface area contributed by atoms with E-state index in [1.165, 1.54) is 6.07 Å². The van der Waals surface area contributed by atoms with E-state index in [2.05, 4.69) is 0 Å². The van der Waals surface area contributed by atoms with Crippen LogP contribution >= 0.6 is 23.2 Å². The Morgan fingerprint density at radius 3 is 2.47 bits per heavy atom. The SMILES string of the molecule is CC(N)(Cc1cccc(F)c1Cl)c1ccccc1Cl. The maximum atomic E-state index is 13.4. The summed E-state index contributed by atoms with van der Waals surface area (Å²) >= 11 is 12.1. The van der Waals surface area contributed by atoms with Crippen molar-refractivity contribution in [3.8, 4) is 0 Å². The van der Waals surface area contributed by atoms with E-state index in [1.807, 2.05) is 25.1 Å². The lowest BCUT2D eigenvalue weighted by atomic mass is 9.86. The van der Waals surface area contributed by atoms with Crippen molar-refractivity contribution in [2.24, 2.45) is 5.73 Å². The fourth-order valence-corrected chi connectivity index (χ4v) is 2.64. The maximum Gasteiger partial charge on any atom is 0.142 e. The van der Waals surface area contributed by atoms with E-state index < -0.39 is 11.4 Å². The van der Waals surface area contributed by atoms with Gasteiger partial charge in [-0.3, -0.25) is 0 Å². The lowest BCUT2D eigenvalue weighted by Crippen LogP contribution is -2.36. The predicted molar refractivity (Wildman–Crippen MR) is 78.1 cm³/mol. The molecule has 2 N–H and O–H groups in total. The van der Waals surface area contributed by atoms with Gasteiger partial charge in [-0.2, -0.15) is 0 Å². The number of hydrogen-bond donors (Lipinski definition) is 1. The van der Waals surface area contributed by atoms with Gasteiger partial charge in [0.25, 0.3) is 0 Å². The maximum absolute atomic E-state index is 13.4. The molecule has 0 aliphatic heterocycles. The van der Waals surface area contributed by atoms with Crippen molar-refractivity contribution in [1.82, 2.24) is 0 Å². The van der Waals surface area contributed by atoms with E-state index in [9.17, 15) is 4.39 Å². The second-order valence-electron chi connectivity index (χ2n) is 4.79. The fraction of sp³-hybridized carbons (Fsp3) is 0.200. The number of benzene rings is 2. The van der Waals surface area contributed by atoms with Crippen LogP contribution in [0.1, 0.15) is 18.1 Å². The van der Waals surface area contributed by atoms with Crippen molar-refractivity contribution >= 4 is 23.2 Å². The van der Waals surface area contributed by atoms with E-state index in [-0.39, 0.29) is 5.02 Å². The Hall–Kier alpha value is -1.09. The van der Waals surface area contributed by atoms with Gasteiger partial charge in [-0.15, -0.1) is 0 Å². The van der Waals surface area contributed by atoms with Gasteiger partial charge in [-0.05, 0) is 36.6 Å². The van der Waals surface area contributed by atoms with Crippen molar-refractivity contribution in [1.29, 1.82) is 0 Å². The Morgan fingerprint density at radius 2 is 1.79 bits per heavy atom. The molecule has 0 aromatic heterocycles. The van der Waals surface area contributed by atoms with Crippen LogP contribution in [0.25, 0.3) is 0 Å². The highest BCUT2D eigenvalue weighted by Crippen LogP contribution is 2.31. The van der Waals surface area contributed by atoms with Gasteiger partial charge >= 0.3 is 0 Å². The van der Waals surface area contributed by atoms with Gasteiger partial charge in [0.1, 0.15) is 5.82 Å². The van der Waals surface area contributed by atoms with Crippen molar-refractivity contribution in [3.05, 3.63) is 69.5 Å². The van der Waals surface area contributed by atoms with Crippen LogP contribution in [0.2, 0.25) is 10.0 Å². The molecule has 2 aromatic carbocycles. The highest BCUT2D eigenvalue weighted by molar-refractivity contribution is 6.32. The molecular formula is C15H14Cl2FN. The quantitative estimate of drug-likeness (QED) is 0.884. The topological polar surface area (TPSA) is 26.0 Å². The molecule has 0 amide bonds. The summed E-state index contributed by atoms with van der Waals surface area (Å²) in [6.45, 7) is 1.86. The molecule has 0 fully saturated rings. The summed E-state index contributed by atoms with van der Waals surface area (Å²) in [4.78, 5) is 0. The van der Waals surface area contributed by atoms with Crippen LogP contribution in [0.4, 0.5) is 4.39 Å². The molecule has 100 valence electrons. The van der Waals surface area contributed by atoms with Crippen LogP contribution in [0.3, 0.4) is 0 Å². The van der Waals surface area contributed by atoms with Gasteiger partial charge < -0.3 is 5.73 Å². The number of rotatable bonds is 3. The van der Waals surface area contributed by atoms with Gasteiger partial charge in [0.05, 0.1) is 5.02 Å². The molecule has 0 aliphatic carbocycles. The third-order valence-corrected chi connectivity index (χ3v) is 3.83.